The molecule has 0 spiro atoms. The molecule has 2 heteroatoms. The van der Waals surface area contributed by atoms with Crippen molar-refractivity contribution in [3.05, 3.63) is 0 Å². The van der Waals surface area contributed by atoms with Gasteiger partial charge in [-0.3, -0.25) is 0 Å². The Kier molecular flexibility index (Phi) is 9.52. The van der Waals surface area contributed by atoms with Gasteiger partial charge in [-0.2, -0.15) is 0 Å². The van der Waals surface area contributed by atoms with Gasteiger partial charge in [0, 0.05) is 0 Å². The van der Waals surface area contributed by atoms with E-state index in [0.29, 0.717) is 0 Å². The van der Waals surface area contributed by atoms with Gasteiger partial charge in [0.25, 0.3) is 0 Å². The molecule has 112 valence electrons. The molecular weight excluding hydrogens is 237 g/mol. The molecule has 0 aliphatic carbocycles. The van der Waals surface area contributed by atoms with Crippen LogP contribution in [0.15, 0.2) is 0 Å². The van der Waals surface area contributed by atoms with Crippen molar-refractivity contribution >= 4 is 6.75 Å². The fraction of sp³-hybridized carbons (Fsp3) is 1.00. The molecule has 0 unspecified atom stereocenters. The number of nitrogens with two attached hydrogens (primary N) is 1. The number of rotatable bonds is 12. The number of hydrogen-bond acceptors (Lipinski definition) is 1. The first-order chi connectivity index (χ1) is 8.54. The fourth-order valence-electron chi connectivity index (χ4n) is 3.01. The molecule has 0 atom stereocenters. The van der Waals surface area contributed by atoms with Gasteiger partial charge >= 0.3 is 116 Å². The van der Waals surface area contributed by atoms with Gasteiger partial charge < -0.3 is 0 Å². The average molecular weight is 275 g/mol. The van der Waals surface area contributed by atoms with Crippen LogP contribution >= 0.6 is 6.75 Å². The molecule has 0 amide bonds. The summed E-state index contributed by atoms with van der Waals surface area (Å²) in [5.74, 6) is 0. The van der Waals surface area contributed by atoms with Crippen LogP contribution in [0.4, 0.5) is 0 Å². The normalized spacial score (nSPS) is 14.4. The van der Waals surface area contributed by atoms with Crippen LogP contribution in [0.25, 0.3) is 0 Å². The summed E-state index contributed by atoms with van der Waals surface area (Å²) >= 11 is 0. The summed E-state index contributed by atoms with van der Waals surface area (Å²) in [6.45, 7) is 7.36. The Morgan fingerprint density at radius 1 is 0.556 bits per heavy atom. The van der Waals surface area contributed by atoms with Crippen molar-refractivity contribution in [3.8, 4) is 0 Å². The van der Waals surface area contributed by atoms with Crippen molar-refractivity contribution in [3.63, 3.8) is 0 Å². The molecule has 0 fully saturated rings. The standard InChI is InChI=1S/C16H38NP/c1-5-9-13-18(17,14-10-6-2,15-11-7-3)16-12-8-4/h5-17H2,1-4H3. The van der Waals surface area contributed by atoms with Crippen molar-refractivity contribution in [1.82, 2.24) is 0 Å². The van der Waals surface area contributed by atoms with Crippen LogP contribution in [0, 0.1) is 0 Å². The quantitative estimate of drug-likeness (QED) is 0.460. The topological polar surface area (TPSA) is 26.0 Å². The summed E-state index contributed by atoms with van der Waals surface area (Å²) in [6.07, 6.45) is 16.1. The van der Waals surface area contributed by atoms with Gasteiger partial charge in [-0.15, -0.1) is 0 Å². The van der Waals surface area contributed by atoms with E-state index in [2.05, 4.69) is 27.7 Å². The van der Waals surface area contributed by atoms with E-state index in [1.165, 1.54) is 76.0 Å². The summed E-state index contributed by atoms with van der Waals surface area (Å²) in [4.78, 5) is 0. The first-order valence-corrected chi connectivity index (χ1v) is 11.4. The molecular formula is C16H38NP. The van der Waals surface area contributed by atoms with Crippen LogP contribution in [0.3, 0.4) is 0 Å². The van der Waals surface area contributed by atoms with Crippen LogP contribution in [0.5, 0.6) is 0 Å². The first kappa shape index (κ1) is 18.4. The van der Waals surface area contributed by atoms with Crippen molar-refractivity contribution < 1.29 is 0 Å². The molecule has 1 nitrogen and oxygen atoms in total. The Balaban J connectivity index is 4.82. The van der Waals surface area contributed by atoms with E-state index in [4.69, 9.17) is 5.50 Å². The molecule has 0 saturated heterocycles. The Hall–Kier alpha value is 0.390. The van der Waals surface area contributed by atoms with E-state index in [1.54, 1.807) is 0 Å². The van der Waals surface area contributed by atoms with Crippen LogP contribution in [-0.2, 0) is 0 Å². The van der Waals surface area contributed by atoms with E-state index in [1.807, 2.05) is 0 Å². The third kappa shape index (κ3) is 6.53. The van der Waals surface area contributed by atoms with Crippen molar-refractivity contribution in [1.29, 1.82) is 0 Å². The van der Waals surface area contributed by atoms with Crippen LogP contribution in [0.2, 0.25) is 0 Å². The molecule has 0 rings (SSSR count). The summed E-state index contributed by atoms with van der Waals surface area (Å²) in [5, 5.41) is 0. The van der Waals surface area contributed by atoms with Gasteiger partial charge in [0.05, 0.1) is 0 Å². The monoisotopic (exact) mass is 275 g/mol. The zero-order valence-electron chi connectivity index (χ0n) is 13.5. The van der Waals surface area contributed by atoms with E-state index in [-0.39, 0.29) is 0 Å². The molecule has 2 N–H and O–H groups in total. The summed E-state index contributed by atoms with van der Waals surface area (Å²) in [5.41, 5.74) is 7.20. The number of unbranched alkanes of at least 4 members (excludes halogenated alkanes) is 4. The summed E-state index contributed by atoms with van der Waals surface area (Å²) in [6, 6.07) is 0. The van der Waals surface area contributed by atoms with Gasteiger partial charge in [-0.1, -0.05) is 0 Å². The first-order valence-electron chi connectivity index (χ1n) is 8.35. The van der Waals surface area contributed by atoms with Crippen LogP contribution in [0.1, 0.15) is 79.1 Å². The molecule has 0 heterocycles. The Morgan fingerprint density at radius 3 is 0.944 bits per heavy atom. The molecule has 0 aromatic heterocycles. The van der Waals surface area contributed by atoms with Gasteiger partial charge in [0.2, 0.25) is 0 Å². The maximum absolute atomic E-state index is 7.20. The molecule has 0 aliphatic rings. The van der Waals surface area contributed by atoms with Crippen LogP contribution in [-0.4, -0.2) is 24.6 Å². The Morgan fingerprint density at radius 2 is 0.778 bits per heavy atom. The summed E-state index contributed by atoms with van der Waals surface area (Å²) < 4.78 is 0. The predicted molar refractivity (Wildman–Crippen MR) is 90.2 cm³/mol. The van der Waals surface area contributed by atoms with Gasteiger partial charge in [0.1, 0.15) is 0 Å². The van der Waals surface area contributed by atoms with Crippen molar-refractivity contribution in [2.75, 3.05) is 24.6 Å². The van der Waals surface area contributed by atoms with Crippen LogP contribution < -0.4 is 5.50 Å². The minimum atomic E-state index is -1.86. The third-order valence-corrected chi connectivity index (χ3v) is 10.6. The minimum absolute atomic E-state index is 1.31. The second-order valence-corrected chi connectivity index (χ2v) is 12.3. The molecule has 0 aromatic carbocycles. The molecule has 0 radical (unpaired) electrons. The maximum atomic E-state index is 7.20. The van der Waals surface area contributed by atoms with Gasteiger partial charge in [-0.25, -0.2) is 0 Å². The zero-order valence-corrected chi connectivity index (χ0v) is 14.4. The fourth-order valence-corrected chi connectivity index (χ4v) is 9.03. The third-order valence-electron chi connectivity index (χ3n) is 4.46. The predicted octanol–water partition coefficient (Wildman–Crippen LogP) is 5.61. The van der Waals surface area contributed by atoms with Gasteiger partial charge in [0.15, 0.2) is 0 Å². The van der Waals surface area contributed by atoms with Crippen molar-refractivity contribution in [2.24, 2.45) is 5.50 Å². The summed E-state index contributed by atoms with van der Waals surface area (Å²) in [7, 11) is 0. The van der Waals surface area contributed by atoms with E-state index >= 15 is 0 Å². The second-order valence-electron chi connectivity index (χ2n) is 6.38. The molecule has 18 heavy (non-hydrogen) atoms. The molecule has 0 aliphatic heterocycles. The SMILES string of the molecule is CCCCP(N)(CCCC)(CCCC)CCCC. The Bertz CT molecular complexity index is 160. The second kappa shape index (κ2) is 9.32. The van der Waals surface area contributed by atoms with Crippen molar-refractivity contribution in [2.45, 2.75) is 79.1 Å². The number of hydrogen-bond donors (Lipinski definition) is 1. The van der Waals surface area contributed by atoms with Gasteiger partial charge in [-0.05, 0) is 0 Å². The van der Waals surface area contributed by atoms with E-state index < -0.39 is 6.75 Å². The van der Waals surface area contributed by atoms with E-state index in [9.17, 15) is 0 Å². The molecule has 0 aromatic rings. The van der Waals surface area contributed by atoms with E-state index in [0.717, 1.165) is 0 Å². The Labute approximate surface area is 116 Å². The molecule has 0 saturated carbocycles. The molecule has 0 bridgehead atoms. The average Bonchev–Trinajstić information content (AvgIpc) is 2.40. The zero-order chi connectivity index (χ0) is 13.9.